The van der Waals surface area contributed by atoms with Crippen molar-refractivity contribution in [2.24, 2.45) is 5.92 Å². The summed E-state index contributed by atoms with van der Waals surface area (Å²) >= 11 is 17.8. The molecule has 0 aromatic heterocycles. The highest BCUT2D eigenvalue weighted by atomic mass is 35.5. The molecule has 2 aromatic rings. The van der Waals surface area contributed by atoms with Gasteiger partial charge in [0.1, 0.15) is 18.5 Å². The van der Waals surface area contributed by atoms with Crippen LogP contribution in [0.1, 0.15) is 29.8 Å². The van der Waals surface area contributed by atoms with E-state index in [4.69, 9.17) is 39.5 Å². The number of amides is 1. The maximum absolute atomic E-state index is 13.8. The van der Waals surface area contributed by atoms with Gasteiger partial charge < -0.3 is 10.1 Å². The fourth-order valence-corrected chi connectivity index (χ4v) is 3.01. The zero-order valence-corrected chi connectivity index (χ0v) is 16.8. The molecule has 0 aliphatic carbocycles. The average molecular weight is 433 g/mol. The maximum atomic E-state index is 13.8. The second-order valence-corrected chi connectivity index (χ2v) is 7.38. The summed E-state index contributed by atoms with van der Waals surface area (Å²) in [6, 6.07) is 7.64. The lowest BCUT2D eigenvalue weighted by Crippen LogP contribution is -2.45. The molecule has 0 saturated heterocycles. The van der Waals surface area contributed by atoms with Crippen LogP contribution >= 0.6 is 34.8 Å². The quantitative estimate of drug-likeness (QED) is 0.632. The fraction of sp³-hybridized carbons (Fsp3) is 0.263. The van der Waals surface area contributed by atoms with Crippen LogP contribution in [0.5, 0.6) is 0 Å². The van der Waals surface area contributed by atoms with E-state index < -0.39 is 23.7 Å². The van der Waals surface area contributed by atoms with Crippen LogP contribution in [-0.4, -0.2) is 17.9 Å². The van der Waals surface area contributed by atoms with Crippen molar-refractivity contribution in [1.29, 1.82) is 0 Å². The predicted octanol–water partition coefficient (Wildman–Crippen LogP) is 5.28. The minimum absolute atomic E-state index is 0.0714. The first-order chi connectivity index (χ1) is 12.7. The fourth-order valence-electron chi connectivity index (χ4n) is 2.29. The van der Waals surface area contributed by atoms with Crippen LogP contribution in [0, 0.1) is 11.7 Å². The van der Waals surface area contributed by atoms with Crippen molar-refractivity contribution in [3.63, 3.8) is 0 Å². The van der Waals surface area contributed by atoms with Gasteiger partial charge in [-0.25, -0.2) is 9.18 Å². The number of hydrogen-bond donors (Lipinski definition) is 1. The predicted molar refractivity (Wildman–Crippen MR) is 104 cm³/mol. The molecule has 8 heteroatoms. The number of ether oxygens (including phenoxy) is 1. The number of hydrogen-bond acceptors (Lipinski definition) is 3. The van der Waals surface area contributed by atoms with Crippen molar-refractivity contribution in [2.75, 3.05) is 0 Å². The van der Waals surface area contributed by atoms with E-state index in [-0.39, 0.29) is 33.7 Å². The van der Waals surface area contributed by atoms with Crippen molar-refractivity contribution >= 4 is 46.7 Å². The van der Waals surface area contributed by atoms with Gasteiger partial charge in [0.2, 0.25) is 0 Å². The topological polar surface area (TPSA) is 55.4 Å². The van der Waals surface area contributed by atoms with Crippen molar-refractivity contribution < 1.29 is 18.7 Å². The molecule has 144 valence electrons. The summed E-state index contributed by atoms with van der Waals surface area (Å²) in [4.78, 5) is 24.9. The van der Waals surface area contributed by atoms with Gasteiger partial charge in [0, 0.05) is 10.6 Å². The molecule has 1 N–H and O–H groups in total. The highest BCUT2D eigenvalue weighted by molar-refractivity contribution is 6.36. The van der Waals surface area contributed by atoms with Gasteiger partial charge in [0.15, 0.2) is 0 Å². The molecule has 0 heterocycles. The van der Waals surface area contributed by atoms with Crippen LogP contribution in [0.25, 0.3) is 0 Å². The summed E-state index contributed by atoms with van der Waals surface area (Å²) in [5.74, 6) is -2.10. The first kappa shape index (κ1) is 21.5. The van der Waals surface area contributed by atoms with Crippen LogP contribution in [0.4, 0.5) is 4.39 Å². The zero-order valence-electron chi connectivity index (χ0n) is 14.6. The highest BCUT2D eigenvalue weighted by Crippen LogP contribution is 2.22. The summed E-state index contributed by atoms with van der Waals surface area (Å²) in [7, 11) is 0. The maximum Gasteiger partial charge on any atom is 0.329 e. The number of esters is 1. The standard InChI is InChI=1S/C19H17Cl3FNO3/c1-10(2)17(24-18(25)12-7-6-11(20)8-15(12)22)19(26)27-9-13-14(21)4-3-5-16(13)23/h3-8,10,17H,9H2,1-2H3,(H,24,25)/t17-/m0/s1. The summed E-state index contributed by atoms with van der Waals surface area (Å²) in [5.41, 5.74) is 0.249. The molecule has 27 heavy (non-hydrogen) atoms. The van der Waals surface area contributed by atoms with Gasteiger partial charge in [0.25, 0.3) is 5.91 Å². The average Bonchev–Trinajstić information content (AvgIpc) is 2.58. The minimum atomic E-state index is -0.949. The molecule has 4 nitrogen and oxygen atoms in total. The SMILES string of the molecule is CC(C)[C@H](NC(=O)c1ccc(Cl)cc1Cl)C(=O)OCc1c(F)cccc1Cl. The molecule has 0 aliphatic heterocycles. The lowest BCUT2D eigenvalue weighted by atomic mass is 10.0. The van der Waals surface area contributed by atoms with Crippen LogP contribution < -0.4 is 5.32 Å². The van der Waals surface area contributed by atoms with Crippen LogP contribution in [-0.2, 0) is 16.1 Å². The number of halogens is 4. The van der Waals surface area contributed by atoms with E-state index in [0.717, 1.165) is 0 Å². The van der Waals surface area contributed by atoms with Gasteiger partial charge in [-0.1, -0.05) is 54.7 Å². The number of benzene rings is 2. The molecule has 0 radical (unpaired) electrons. The summed E-state index contributed by atoms with van der Waals surface area (Å²) < 4.78 is 19.0. The highest BCUT2D eigenvalue weighted by Gasteiger charge is 2.27. The van der Waals surface area contributed by atoms with E-state index in [1.54, 1.807) is 13.8 Å². The Balaban J connectivity index is 2.10. The Morgan fingerprint density at radius 1 is 1.11 bits per heavy atom. The van der Waals surface area contributed by atoms with E-state index in [1.807, 2.05) is 0 Å². The third-order valence-corrected chi connectivity index (χ3v) is 4.71. The van der Waals surface area contributed by atoms with Gasteiger partial charge in [0.05, 0.1) is 15.6 Å². The molecule has 2 rings (SSSR count). The molecule has 0 unspecified atom stereocenters. The summed E-state index contributed by atoms with van der Waals surface area (Å²) in [6.07, 6.45) is 0. The molecule has 0 fully saturated rings. The summed E-state index contributed by atoms with van der Waals surface area (Å²) in [6.45, 7) is 3.14. The number of carbonyl (C=O) groups is 2. The second-order valence-electron chi connectivity index (χ2n) is 6.13. The Hall–Kier alpha value is -1.82. The molecule has 0 spiro atoms. The van der Waals surface area contributed by atoms with E-state index in [0.29, 0.717) is 5.02 Å². The lowest BCUT2D eigenvalue weighted by Gasteiger charge is -2.21. The van der Waals surface area contributed by atoms with Gasteiger partial charge >= 0.3 is 5.97 Å². The first-order valence-corrected chi connectivity index (χ1v) is 9.19. The first-order valence-electron chi connectivity index (χ1n) is 8.06. The molecule has 1 atom stereocenters. The molecular weight excluding hydrogens is 416 g/mol. The van der Waals surface area contributed by atoms with E-state index in [1.165, 1.54) is 36.4 Å². The minimum Gasteiger partial charge on any atom is -0.459 e. The molecular formula is C19H17Cl3FNO3. The Morgan fingerprint density at radius 2 is 1.81 bits per heavy atom. The van der Waals surface area contributed by atoms with Crippen molar-refractivity contribution in [3.05, 3.63) is 68.4 Å². The van der Waals surface area contributed by atoms with Crippen LogP contribution in [0.2, 0.25) is 15.1 Å². The Kier molecular flexibility index (Phi) is 7.48. The van der Waals surface area contributed by atoms with Crippen LogP contribution in [0.15, 0.2) is 36.4 Å². The van der Waals surface area contributed by atoms with Crippen molar-refractivity contribution in [1.82, 2.24) is 5.32 Å². The van der Waals surface area contributed by atoms with Gasteiger partial charge in [-0.15, -0.1) is 0 Å². The van der Waals surface area contributed by atoms with E-state index >= 15 is 0 Å². The number of nitrogens with one attached hydrogen (secondary N) is 1. The zero-order chi connectivity index (χ0) is 20.1. The van der Waals surface area contributed by atoms with E-state index in [2.05, 4.69) is 5.32 Å². The molecule has 2 aromatic carbocycles. The molecule has 1 amide bonds. The largest absolute Gasteiger partial charge is 0.459 e. The van der Waals surface area contributed by atoms with Crippen molar-refractivity contribution in [2.45, 2.75) is 26.5 Å². The number of carbonyl (C=O) groups excluding carboxylic acids is 2. The third-order valence-electron chi connectivity index (χ3n) is 3.80. The van der Waals surface area contributed by atoms with Crippen LogP contribution in [0.3, 0.4) is 0 Å². The normalized spacial score (nSPS) is 12.0. The van der Waals surface area contributed by atoms with E-state index in [9.17, 15) is 14.0 Å². The second kappa shape index (κ2) is 9.40. The third kappa shape index (κ3) is 5.58. The van der Waals surface area contributed by atoms with Gasteiger partial charge in [-0.05, 0) is 36.2 Å². The molecule has 0 saturated carbocycles. The molecule has 0 bridgehead atoms. The molecule has 0 aliphatic rings. The summed E-state index contributed by atoms with van der Waals surface area (Å²) in [5, 5.41) is 3.29. The Bertz CT molecular complexity index is 838. The lowest BCUT2D eigenvalue weighted by molar-refractivity contribution is -0.148. The monoisotopic (exact) mass is 431 g/mol. The Labute approximate surface area is 171 Å². The van der Waals surface area contributed by atoms with Crippen molar-refractivity contribution in [3.8, 4) is 0 Å². The van der Waals surface area contributed by atoms with Gasteiger partial charge in [-0.3, -0.25) is 4.79 Å². The van der Waals surface area contributed by atoms with Gasteiger partial charge in [-0.2, -0.15) is 0 Å². The number of rotatable bonds is 6. The smallest absolute Gasteiger partial charge is 0.329 e. The Morgan fingerprint density at radius 3 is 2.41 bits per heavy atom.